The zero-order chi connectivity index (χ0) is 43.6. The van der Waals surface area contributed by atoms with Gasteiger partial charge in [-0.3, -0.25) is 0 Å². The molecule has 0 radical (unpaired) electrons. The van der Waals surface area contributed by atoms with Gasteiger partial charge in [-0.1, -0.05) is 142 Å². The maximum absolute atomic E-state index is 5.77. The smallest absolute Gasteiger partial charge is 0.391 e. The van der Waals surface area contributed by atoms with Gasteiger partial charge in [-0.15, -0.1) is 46.3 Å². The van der Waals surface area contributed by atoms with Crippen molar-refractivity contribution in [2.45, 2.75) is 157 Å². The van der Waals surface area contributed by atoms with Gasteiger partial charge in [0.2, 0.25) is 0 Å². The number of aromatic nitrogens is 2. The Morgan fingerprint density at radius 2 is 1.37 bits per heavy atom. The number of amidine groups is 1. The van der Waals surface area contributed by atoms with E-state index in [-0.39, 0.29) is 48.3 Å². The molecule has 0 bridgehead atoms. The van der Waals surface area contributed by atoms with Gasteiger partial charge < -0.3 is 19.4 Å². The molecule has 0 unspecified atom stereocenters. The van der Waals surface area contributed by atoms with Crippen LogP contribution in [-0.2, 0) is 37.3 Å². The van der Waals surface area contributed by atoms with Gasteiger partial charge in [0.1, 0.15) is 5.82 Å². The number of hydrogen-bond donors (Lipinski definition) is 0. The summed E-state index contributed by atoms with van der Waals surface area (Å²) in [5, 5.41) is 2.42. The van der Waals surface area contributed by atoms with Crippen molar-refractivity contribution in [3.05, 3.63) is 124 Å². The first kappa shape index (κ1) is 44.4. The SMILES string of the molecule is Cc1ccc2c(c1)C(C)(C)c1cc3c4cc(C)ccc4n(-c4cc(C(C)(C)C)ccn4)c3[c-]c1N2c1[c-]c(C2=N[C@](C)(C(C)(C)C)CN2C2CCCCC2)cc(C(C)(C)C)c1.[Pt+2]. The molecule has 2 aromatic heterocycles. The second kappa shape index (κ2) is 15.2. The average molecular weight is 1010 g/mol. The van der Waals surface area contributed by atoms with E-state index in [4.69, 9.17) is 9.98 Å². The molecule has 1 atom stereocenters. The van der Waals surface area contributed by atoms with Crippen LogP contribution in [0.5, 0.6) is 0 Å². The van der Waals surface area contributed by atoms with E-state index in [9.17, 15) is 0 Å². The fourth-order valence-electron chi connectivity index (χ4n) is 10.1. The molecule has 326 valence electrons. The predicted octanol–water partition coefficient (Wildman–Crippen LogP) is 14.3. The number of pyridine rings is 1. The van der Waals surface area contributed by atoms with Crippen LogP contribution in [-0.4, -0.2) is 38.4 Å². The molecular weight excluding hydrogens is 938 g/mol. The van der Waals surface area contributed by atoms with Gasteiger partial charge in [-0.2, -0.15) is 6.07 Å². The minimum absolute atomic E-state index is 0. The summed E-state index contributed by atoms with van der Waals surface area (Å²) in [6.07, 6.45) is 8.30. The van der Waals surface area contributed by atoms with Gasteiger partial charge >= 0.3 is 21.1 Å². The molecule has 0 saturated heterocycles. The third kappa shape index (κ3) is 7.37. The molecular formula is C56H67N5Pt. The molecule has 0 amide bonds. The maximum atomic E-state index is 5.77. The molecule has 62 heavy (non-hydrogen) atoms. The minimum Gasteiger partial charge on any atom is -0.391 e. The van der Waals surface area contributed by atoms with Crippen molar-refractivity contribution in [1.29, 1.82) is 0 Å². The fourth-order valence-corrected chi connectivity index (χ4v) is 10.1. The van der Waals surface area contributed by atoms with E-state index < -0.39 is 0 Å². The van der Waals surface area contributed by atoms with Crippen molar-refractivity contribution in [2.24, 2.45) is 10.4 Å². The summed E-state index contributed by atoms with van der Waals surface area (Å²) in [6.45, 7) is 33.4. The van der Waals surface area contributed by atoms with Crippen LogP contribution in [0.2, 0.25) is 0 Å². The van der Waals surface area contributed by atoms with Gasteiger partial charge in [0.05, 0.1) is 5.54 Å². The van der Waals surface area contributed by atoms with Gasteiger partial charge in [-0.05, 0) is 102 Å². The predicted molar refractivity (Wildman–Crippen MR) is 258 cm³/mol. The Balaban J connectivity index is 0.00000529. The Morgan fingerprint density at radius 3 is 2.05 bits per heavy atom. The van der Waals surface area contributed by atoms with Crippen molar-refractivity contribution < 1.29 is 21.1 Å². The molecule has 1 saturated carbocycles. The molecule has 4 heterocycles. The van der Waals surface area contributed by atoms with E-state index in [2.05, 4.69) is 190 Å². The summed E-state index contributed by atoms with van der Waals surface area (Å²) in [4.78, 5) is 16.0. The molecule has 0 N–H and O–H groups in total. The quantitative estimate of drug-likeness (QED) is 0.165. The molecule has 6 heteroatoms. The Kier molecular flexibility index (Phi) is 10.9. The van der Waals surface area contributed by atoms with Crippen molar-refractivity contribution in [1.82, 2.24) is 14.5 Å². The number of rotatable bonds is 4. The first-order chi connectivity index (χ1) is 28.5. The van der Waals surface area contributed by atoms with Crippen LogP contribution >= 0.6 is 0 Å². The standard InChI is InChI=1S/C56H67N5.Pt/c1-35-20-22-46-42(26-35)43-32-45-49(33-48(43)61(46)50-31-38(24-25-57-50)52(3,4)5)60(47-23-21-36(2)27-44(47)55(45,12)13)41-29-37(28-39(30-41)53(6,7)8)51-58-56(14,54(9,10)11)34-59(51)40-18-16-15-17-19-40;/h20-28,30-32,40H,15-19,34H2,1-14H3;/q-2;+2/t56-;/m0./s1. The van der Waals surface area contributed by atoms with Gasteiger partial charge in [0.15, 0.2) is 0 Å². The van der Waals surface area contributed by atoms with Gasteiger partial charge in [0, 0.05) is 35.8 Å². The molecule has 0 spiro atoms. The summed E-state index contributed by atoms with van der Waals surface area (Å²) >= 11 is 0. The molecule has 6 aromatic rings. The van der Waals surface area contributed by atoms with E-state index in [1.807, 2.05) is 6.20 Å². The van der Waals surface area contributed by atoms with Crippen LogP contribution in [0.15, 0.2) is 77.9 Å². The first-order valence-corrected chi connectivity index (χ1v) is 22.9. The average Bonchev–Trinajstić information content (AvgIpc) is 3.73. The van der Waals surface area contributed by atoms with Crippen LogP contribution in [0.4, 0.5) is 17.1 Å². The van der Waals surface area contributed by atoms with Crippen molar-refractivity contribution >= 4 is 44.7 Å². The third-order valence-corrected chi connectivity index (χ3v) is 14.7. The summed E-state index contributed by atoms with van der Waals surface area (Å²) in [5.41, 5.74) is 13.5. The molecule has 2 aliphatic heterocycles. The van der Waals surface area contributed by atoms with E-state index >= 15 is 0 Å². The van der Waals surface area contributed by atoms with Crippen LogP contribution in [0, 0.1) is 31.4 Å². The van der Waals surface area contributed by atoms with Crippen LogP contribution < -0.4 is 4.90 Å². The normalized spacial score (nSPS) is 19.4. The zero-order valence-corrected chi connectivity index (χ0v) is 42.1. The number of fused-ring (bicyclic) bond motifs is 5. The van der Waals surface area contributed by atoms with Crippen molar-refractivity contribution in [3.63, 3.8) is 0 Å². The minimum atomic E-state index is -0.299. The Hall–Kier alpha value is -4.21. The number of anilines is 3. The van der Waals surface area contributed by atoms with Gasteiger partial charge in [0.25, 0.3) is 0 Å². The fraction of sp³-hybridized carbons (Fsp3) is 0.464. The topological polar surface area (TPSA) is 36.7 Å². The molecule has 4 aromatic carbocycles. The summed E-state index contributed by atoms with van der Waals surface area (Å²) < 4.78 is 2.35. The second-order valence-corrected chi connectivity index (χ2v) is 22.6. The van der Waals surface area contributed by atoms with Crippen molar-refractivity contribution in [2.75, 3.05) is 11.4 Å². The molecule has 3 aliphatic rings. The zero-order valence-electron chi connectivity index (χ0n) is 39.8. The van der Waals surface area contributed by atoms with Gasteiger partial charge in [-0.25, -0.2) is 4.98 Å². The number of aryl methyl sites for hydroxylation is 2. The summed E-state index contributed by atoms with van der Waals surface area (Å²) in [6, 6.07) is 34.3. The monoisotopic (exact) mass is 1000 g/mol. The number of benzene rings is 4. The van der Waals surface area contributed by atoms with E-state index in [1.165, 1.54) is 81.9 Å². The number of hydrogen-bond acceptors (Lipinski definition) is 4. The number of nitrogens with zero attached hydrogens (tertiary/aromatic N) is 5. The van der Waals surface area contributed by atoms with Crippen LogP contribution in [0.25, 0.3) is 27.6 Å². The molecule has 5 nitrogen and oxygen atoms in total. The Morgan fingerprint density at radius 1 is 0.694 bits per heavy atom. The second-order valence-electron chi connectivity index (χ2n) is 22.6. The Bertz CT molecular complexity index is 2740. The largest absolute Gasteiger partial charge is 2.00 e. The van der Waals surface area contributed by atoms with Crippen LogP contribution in [0.3, 0.4) is 0 Å². The number of aliphatic imine (C=N–C) groups is 1. The first-order valence-electron chi connectivity index (χ1n) is 22.9. The van der Waals surface area contributed by atoms with E-state index in [0.29, 0.717) is 6.04 Å². The van der Waals surface area contributed by atoms with Crippen molar-refractivity contribution in [3.8, 4) is 5.82 Å². The summed E-state index contributed by atoms with van der Waals surface area (Å²) in [7, 11) is 0. The molecule has 9 rings (SSSR count). The maximum Gasteiger partial charge on any atom is 2.00 e. The Labute approximate surface area is 386 Å². The van der Waals surface area contributed by atoms with E-state index in [1.54, 1.807) is 0 Å². The third-order valence-electron chi connectivity index (χ3n) is 14.7. The molecule has 1 aliphatic carbocycles. The molecule has 1 fully saturated rings. The van der Waals surface area contributed by atoms with Crippen LogP contribution in [0.1, 0.15) is 154 Å². The summed E-state index contributed by atoms with van der Waals surface area (Å²) in [5.74, 6) is 2.02. The van der Waals surface area contributed by atoms with E-state index in [0.717, 1.165) is 46.2 Å².